The van der Waals surface area contributed by atoms with E-state index in [0.717, 1.165) is 5.92 Å². The number of halogens is 1. The second kappa shape index (κ2) is 26.8. The first kappa shape index (κ1) is 29.7. The molecular weight excluding hydrogens is 463 g/mol. The van der Waals surface area contributed by atoms with Gasteiger partial charge in [-0.15, -0.1) is 0 Å². The highest BCUT2D eigenvalue weighted by molar-refractivity contribution is 14.1. The lowest BCUT2D eigenvalue weighted by Crippen LogP contribution is -1.87. The molecule has 0 bridgehead atoms. The highest BCUT2D eigenvalue weighted by atomic mass is 127. The first-order valence-corrected chi connectivity index (χ1v) is 15.4. The Balaban J connectivity index is 2.98. The first-order chi connectivity index (χ1) is 14.3. The molecule has 29 heavy (non-hydrogen) atoms. The molecule has 0 N–H and O–H groups in total. The van der Waals surface area contributed by atoms with Gasteiger partial charge in [0.1, 0.15) is 0 Å². The van der Waals surface area contributed by atoms with Crippen LogP contribution in [0.4, 0.5) is 0 Å². The third kappa shape index (κ3) is 28.7. The standard InChI is InChI=1S/C28H57I/c1-28(2)26-24-22-20-18-16-14-12-10-8-6-4-3-5-7-9-11-13-15-17-19-21-23-25-27-29/h28H,3-27H2,1-2H3. The van der Waals surface area contributed by atoms with Crippen molar-refractivity contribution in [3.05, 3.63) is 0 Å². The van der Waals surface area contributed by atoms with E-state index in [1.54, 1.807) is 0 Å². The smallest absolute Gasteiger partial charge is 0.000473 e. The summed E-state index contributed by atoms with van der Waals surface area (Å²) in [5.41, 5.74) is 0. The highest BCUT2D eigenvalue weighted by Crippen LogP contribution is 2.16. The minimum atomic E-state index is 0.898. The first-order valence-electron chi connectivity index (χ1n) is 13.8. The van der Waals surface area contributed by atoms with Crippen molar-refractivity contribution in [1.82, 2.24) is 0 Å². The number of hydrogen-bond acceptors (Lipinski definition) is 0. The van der Waals surface area contributed by atoms with Crippen molar-refractivity contribution in [3.63, 3.8) is 0 Å². The summed E-state index contributed by atoms with van der Waals surface area (Å²) < 4.78 is 1.34. The lowest BCUT2D eigenvalue weighted by molar-refractivity contribution is 0.500. The van der Waals surface area contributed by atoms with Gasteiger partial charge in [-0.25, -0.2) is 0 Å². The van der Waals surface area contributed by atoms with Gasteiger partial charge in [-0.3, -0.25) is 0 Å². The molecule has 0 saturated heterocycles. The molecule has 0 atom stereocenters. The normalized spacial score (nSPS) is 11.6. The summed E-state index contributed by atoms with van der Waals surface area (Å²) in [5.74, 6) is 0.898. The van der Waals surface area contributed by atoms with Gasteiger partial charge in [0.05, 0.1) is 0 Å². The predicted octanol–water partition coefficient (Wildman–Crippen LogP) is 11.4. The molecule has 0 saturated carbocycles. The highest BCUT2D eigenvalue weighted by Gasteiger charge is 1.97. The zero-order valence-corrected chi connectivity index (χ0v) is 22.8. The van der Waals surface area contributed by atoms with Crippen LogP contribution in [-0.2, 0) is 0 Å². The van der Waals surface area contributed by atoms with Gasteiger partial charge in [0.25, 0.3) is 0 Å². The van der Waals surface area contributed by atoms with E-state index >= 15 is 0 Å². The molecule has 0 aromatic carbocycles. The summed E-state index contributed by atoms with van der Waals surface area (Å²) in [6, 6.07) is 0. The lowest BCUT2D eigenvalue weighted by atomic mass is 10.0. The second-order valence-corrected chi connectivity index (χ2v) is 11.1. The van der Waals surface area contributed by atoms with Gasteiger partial charge in [0, 0.05) is 0 Å². The molecular formula is C28H57I. The van der Waals surface area contributed by atoms with Crippen LogP contribution in [0.25, 0.3) is 0 Å². The number of unbranched alkanes of at least 4 members (excludes halogenated alkanes) is 22. The van der Waals surface area contributed by atoms with E-state index in [-0.39, 0.29) is 0 Å². The van der Waals surface area contributed by atoms with Gasteiger partial charge in [-0.1, -0.05) is 184 Å². The van der Waals surface area contributed by atoms with Crippen LogP contribution in [0.1, 0.15) is 168 Å². The molecule has 0 aliphatic carbocycles. The molecule has 1 heteroatoms. The van der Waals surface area contributed by atoms with Gasteiger partial charge >= 0.3 is 0 Å². The van der Waals surface area contributed by atoms with Gasteiger partial charge in [-0.05, 0) is 16.8 Å². The molecule has 0 amide bonds. The van der Waals surface area contributed by atoms with Gasteiger partial charge < -0.3 is 0 Å². The van der Waals surface area contributed by atoms with Crippen molar-refractivity contribution in [1.29, 1.82) is 0 Å². The van der Waals surface area contributed by atoms with Crippen LogP contribution < -0.4 is 0 Å². The minimum Gasteiger partial charge on any atom is -0.0864 e. The molecule has 0 unspecified atom stereocenters. The third-order valence-electron chi connectivity index (χ3n) is 6.42. The van der Waals surface area contributed by atoms with Crippen molar-refractivity contribution in [2.24, 2.45) is 5.92 Å². The largest absolute Gasteiger partial charge is 0.0864 e. The Morgan fingerprint density at radius 1 is 0.345 bits per heavy atom. The summed E-state index contributed by atoms with van der Waals surface area (Å²) in [6.07, 6.45) is 35.5. The average molecular weight is 521 g/mol. The van der Waals surface area contributed by atoms with Gasteiger partial charge in [0.15, 0.2) is 0 Å². The summed E-state index contributed by atoms with van der Waals surface area (Å²) in [6.45, 7) is 4.69. The monoisotopic (exact) mass is 520 g/mol. The summed E-state index contributed by atoms with van der Waals surface area (Å²) in [4.78, 5) is 0. The van der Waals surface area contributed by atoms with E-state index in [0.29, 0.717) is 0 Å². The van der Waals surface area contributed by atoms with Crippen molar-refractivity contribution >= 4 is 22.6 Å². The fourth-order valence-corrected chi connectivity index (χ4v) is 4.90. The van der Waals surface area contributed by atoms with E-state index in [9.17, 15) is 0 Å². The average Bonchev–Trinajstić information content (AvgIpc) is 2.71. The van der Waals surface area contributed by atoms with Crippen LogP contribution in [0.3, 0.4) is 0 Å². The van der Waals surface area contributed by atoms with E-state index < -0.39 is 0 Å². The van der Waals surface area contributed by atoms with E-state index in [1.807, 2.05) is 0 Å². The summed E-state index contributed by atoms with van der Waals surface area (Å²) in [5, 5.41) is 0. The Bertz CT molecular complexity index is 273. The van der Waals surface area contributed by atoms with Gasteiger partial charge in [-0.2, -0.15) is 0 Å². The SMILES string of the molecule is CC(C)CCCCCCCCCCCCCCCCCCCCCCCCCI. The van der Waals surface area contributed by atoms with E-state index in [4.69, 9.17) is 0 Å². The van der Waals surface area contributed by atoms with Gasteiger partial charge in [0.2, 0.25) is 0 Å². The minimum absolute atomic E-state index is 0.898. The fourth-order valence-electron chi connectivity index (χ4n) is 4.36. The lowest BCUT2D eigenvalue weighted by Gasteiger charge is -2.05. The van der Waals surface area contributed by atoms with Crippen LogP contribution in [0, 0.1) is 5.92 Å². The van der Waals surface area contributed by atoms with E-state index in [1.165, 1.54) is 159 Å². The predicted molar refractivity (Wildman–Crippen MR) is 145 cm³/mol. The third-order valence-corrected chi connectivity index (χ3v) is 7.18. The molecule has 0 nitrogen and oxygen atoms in total. The van der Waals surface area contributed by atoms with Crippen molar-refractivity contribution in [3.8, 4) is 0 Å². The van der Waals surface area contributed by atoms with E-state index in [2.05, 4.69) is 36.4 Å². The van der Waals surface area contributed by atoms with Crippen LogP contribution in [0.2, 0.25) is 0 Å². The molecule has 0 rings (SSSR count). The number of rotatable bonds is 25. The zero-order valence-electron chi connectivity index (χ0n) is 20.6. The Hall–Kier alpha value is 0.730. The van der Waals surface area contributed by atoms with Crippen LogP contribution >= 0.6 is 22.6 Å². The molecule has 0 aliphatic rings. The maximum Gasteiger partial charge on any atom is -0.000473 e. The Morgan fingerprint density at radius 2 is 0.552 bits per heavy atom. The van der Waals surface area contributed by atoms with Crippen LogP contribution in [0.5, 0.6) is 0 Å². The summed E-state index contributed by atoms with van der Waals surface area (Å²) in [7, 11) is 0. The van der Waals surface area contributed by atoms with Crippen molar-refractivity contribution in [2.45, 2.75) is 168 Å². The molecule has 0 aliphatic heterocycles. The molecule has 0 spiro atoms. The summed E-state index contributed by atoms with van der Waals surface area (Å²) >= 11 is 2.50. The Kier molecular flexibility index (Phi) is 27.4. The molecule has 0 fully saturated rings. The van der Waals surface area contributed by atoms with Crippen molar-refractivity contribution < 1.29 is 0 Å². The maximum absolute atomic E-state index is 2.50. The topological polar surface area (TPSA) is 0 Å². The molecule has 0 radical (unpaired) electrons. The number of hydrogen-bond donors (Lipinski definition) is 0. The maximum atomic E-state index is 2.50. The molecule has 176 valence electrons. The molecule has 0 aromatic rings. The molecule has 0 heterocycles. The fraction of sp³-hybridized carbons (Fsp3) is 1.00. The second-order valence-electron chi connectivity index (χ2n) is 10.0. The number of alkyl halides is 1. The zero-order chi connectivity index (χ0) is 21.3. The van der Waals surface area contributed by atoms with Crippen LogP contribution in [-0.4, -0.2) is 4.43 Å². The van der Waals surface area contributed by atoms with Crippen LogP contribution in [0.15, 0.2) is 0 Å². The van der Waals surface area contributed by atoms with Crippen molar-refractivity contribution in [2.75, 3.05) is 4.43 Å². The Morgan fingerprint density at radius 3 is 0.759 bits per heavy atom. The molecule has 0 aromatic heterocycles. The Labute approximate surface area is 200 Å². The quantitative estimate of drug-likeness (QED) is 0.0638.